The summed E-state index contributed by atoms with van der Waals surface area (Å²) in [6.07, 6.45) is 0.692. The Kier molecular flexibility index (Phi) is 7.04. The number of thiocarbonyl (C=S) groups is 1. The van der Waals surface area contributed by atoms with E-state index in [9.17, 15) is 4.79 Å². The Bertz CT molecular complexity index is 909. The normalized spacial score (nSPS) is 19.0. The summed E-state index contributed by atoms with van der Waals surface area (Å²) in [6, 6.07) is 11.8. The summed E-state index contributed by atoms with van der Waals surface area (Å²) >= 11 is 8.57. The molecule has 1 saturated heterocycles. The van der Waals surface area contributed by atoms with E-state index in [0.29, 0.717) is 19.6 Å². The van der Waals surface area contributed by atoms with Crippen LogP contribution in [0.2, 0.25) is 0 Å². The van der Waals surface area contributed by atoms with Crippen molar-refractivity contribution >= 4 is 51.3 Å². The van der Waals surface area contributed by atoms with Crippen LogP contribution in [0, 0.1) is 0 Å². The quantitative estimate of drug-likeness (QED) is 0.632. The molecule has 6 nitrogen and oxygen atoms in total. The zero-order valence-electron chi connectivity index (χ0n) is 16.7. The Labute approximate surface area is 189 Å². The first-order chi connectivity index (χ1) is 14.7. The molecule has 2 aliphatic heterocycles. The summed E-state index contributed by atoms with van der Waals surface area (Å²) in [4.78, 5) is 16.3. The van der Waals surface area contributed by atoms with Crippen molar-refractivity contribution in [1.82, 2.24) is 9.91 Å². The maximum absolute atomic E-state index is 13.1. The minimum atomic E-state index is -0.127. The van der Waals surface area contributed by atoms with E-state index < -0.39 is 0 Å². The molecule has 3 heterocycles. The van der Waals surface area contributed by atoms with Crippen LogP contribution in [0.4, 0.5) is 0 Å². The summed E-state index contributed by atoms with van der Waals surface area (Å²) in [5.74, 6) is 1.02. The SMILES string of the molecule is COc1ccc(C2CC(c3cccs3)=NN2C(=O)CSC(=S)N2CCOCC2)cc1. The average molecular weight is 462 g/mol. The van der Waals surface area contributed by atoms with Gasteiger partial charge in [0.25, 0.3) is 5.91 Å². The molecule has 9 heteroatoms. The first-order valence-electron chi connectivity index (χ1n) is 9.72. The molecule has 158 valence electrons. The molecule has 1 atom stereocenters. The number of carbonyl (C=O) groups excluding carboxylic acids is 1. The molecular weight excluding hydrogens is 438 g/mol. The van der Waals surface area contributed by atoms with Gasteiger partial charge in [-0.3, -0.25) is 4.79 Å². The molecule has 1 unspecified atom stereocenters. The molecule has 30 heavy (non-hydrogen) atoms. The van der Waals surface area contributed by atoms with Crippen molar-refractivity contribution in [3.8, 4) is 5.75 Å². The minimum absolute atomic E-state index is 0.0389. The second-order valence-electron chi connectivity index (χ2n) is 6.91. The van der Waals surface area contributed by atoms with Crippen molar-refractivity contribution < 1.29 is 14.3 Å². The van der Waals surface area contributed by atoms with Crippen molar-refractivity contribution in [2.24, 2.45) is 5.10 Å². The van der Waals surface area contributed by atoms with E-state index in [-0.39, 0.29) is 17.7 Å². The van der Waals surface area contributed by atoms with Gasteiger partial charge in [-0.1, -0.05) is 42.2 Å². The van der Waals surface area contributed by atoms with Gasteiger partial charge in [0.2, 0.25) is 0 Å². The van der Waals surface area contributed by atoms with Crippen LogP contribution in [0.5, 0.6) is 5.75 Å². The van der Waals surface area contributed by atoms with Gasteiger partial charge in [0, 0.05) is 19.5 Å². The number of benzene rings is 1. The monoisotopic (exact) mass is 461 g/mol. The number of morpholine rings is 1. The highest BCUT2D eigenvalue weighted by atomic mass is 32.2. The molecule has 0 bridgehead atoms. The molecule has 1 aromatic heterocycles. The van der Waals surface area contributed by atoms with Crippen LogP contribution >= 0.6 is 35.3 Å². The fourth-order valence-corrected chi connectivity index (χ4v) is 5.27. The lowest BCUT2D eigenvalue weighted by Crippen LogP contribution is -2.39. The first kappa shape index (κ1) is 21.3. The Morgan fingerprint density at radius 2 is 2.07 bits per heavy atom. The highest BCUT2D eigenvalue weighted by Crippen LogP contribution is 2.35. The minimum Gasteiger partial charge on any atom is -0.497 e. The predicted octanol–water partition coefficient (Wildman–Crippen LogP) is 3.78. The molecule has 0 spiro atoms. The maximum atomic E-state index is 13.1. The van der Waals surface area contributed by atoms with E-state index >= 15 is 0 Å². The van der Waals surface area contributed by atoms with Crippen molar-refractivity contribution in [3.05, 3.63) is 52.2 Å². The van der Waals surface area contributed by atoms with E-state index in [4.69, 9.17) is 26.8 Å². The van der Waals surface area contributed by atoms with Gasteiger partial charge < -0.3 is 14.4 Å². The zero-order chi connectivity index (χ0) is 20.9. The molecule has 2 aromatic rings. The number of hydrazone groups is 1. The van der Waals surface area contributed by atoms with Crippen LogP contribution < -0.4 is 4.74 Å². The van der Waals surface area contributed by atoms with Crippen molar-refractivity contribution in [3.63, 3.8) is 0 Å². The summed E-state index contributed by atoms with van der Waals surface area (Å²) in [5.41, 5.74) is 1.99. The molecule has 1 fully saturated rings. The Morgan fingerprint density at radius 3 is 2.73 bits per heavy atom. The van der Waals surface area contributed by atoms with E-state index in [2.05, 4.69) is 4.90 Å². The Morgan fingerprint density at radius 1 is 1.30 bits per heavy atom. The van der Waals surface area contributed by atoms with Gasteiger partial charge in [-0.15, -0.1) is 11.3 Å². The third kappa shape index (κ3) is 4.85. The number of carbonyl (C=O) groups is 1. The molecule has 4 rings (SSSR count). The topological polar surface area (TPSA) is 54.4 Å². The fraction of sp³-hybridized carbons (Fsp3) is 0.381. The highest BCUT2D eigenvalue weighted by Gasteiger charge is 2.33. The zero-order valence-corrected chi connectivity index (χ0v) is 19.1. The lowest BCUT2D eigenvalue weighted by molar-refractivity contribution is -0.130. The van der Waals surface area contributed by atoms with E-state index in [1.54, 1.807) is 23.5 Å². The van der Waals surface area contributed by atoms with Gasteiger partial charge in [-0.2, -0.15) is 5.10 Å². The van der Waals surface area contributed by atoms with Gasteiger partial charge in [0.15, 0.2) is 0 Å². The number of thiophene rings is 1. The van der Waals surface area contributed by atoms with E-state index in [1.807, 2.05) is 41.8 Å². The van der Waals surface area contributed by atoms with Crippen molar-refractivity contribution in [2.45, 2.75) is 12.5 Å². The van der Waals surface area contributed by atoms with Crippen LogP contribution in [0.3, 0.4) is 0 Å². The number of rotatable bonds is 5. The third-order valence-electron chi connectivity index (χ3n) is 5.06. The Balaban J connectivity index is 1.48. The number of nitrogens with zero attached hydrogens (tertiary/aromatic N) is 3. The average Bonchev–Trinajstić information content (AvgIpc) is 3.48. The number of hydrogen-bond donors (Lipinski definition) is 0. The highest BCUT2D eigenvalue weighted by molar-refractivity contribution is 8.23. The molecule has 0 N–H and O–H groups in total. The van der Waals surface area contributed by atoms with Crippen LogP contribution in [-0.4, -0.2) is 65.0 Å². The number of methoxy groups -OCH3 is 1. The summed E-state index contributed by atoms with van der Waals surface area (Å²) in [6.45, 7) is 2.90. The lowest BCUT2D eigenvalue weighted by atomic mass is 10.0. The molecule has 2 aliphatic rings. The largest absolute Gasteiger partial charge is 0.497 e. The number of amides is 1. The van der Waals surface area contributed by atoms with Crippen molar-refractivity contribution in [1.29, 1.82) is 0 Å². The van der Waals surface area contributed by atoms with Gasteiger partial charge in [0.1, 0.15) is 10.1 Å². The van der Waals surface area contributed by atoms with E-state index in [1.165, 1.54) is 11.8 Å². The molecular formula is C21H23N3O3S3. The second-order valence-corrected chi connectivity index (χ2v) is 9.47. The second kappa shape index (κ2) is 9.91. The van der Waals surface area contributed by atoms with Gasteiger partial charge in [-0.25, -0.2) is 5.01 Å². The van der Waals surface area contributed by atoms with Crippen LogP contribution in [-0.2, 0) is 9.53 Å². The maximum Gasteiger partial charge on any atom is 0.253 e. The van der Waals surface area contributed by atoms with Crippen LogP contribution in [0.1, 0.15) is 22.9 Å². The fourth-order valence-electron chi connectivity index (χ4n) is 3.44. The predicted molar refractivity (Wildman–Crippen MR) is 126 cm³/mol. The first-order valence-corrected chi connectivity index (χ1v) is 12.0. The van der Waals surface area contributed by atoms with E-state index in [0.717, 1.165) is 39.3 Å². The third-order valence-corrected chi connectivity index (χ3v) is 7.49. The summed E-state index contributed by atoms with van der Waals surface area (Å²) in [5, 5.41) is 8.37. The van der Waals surface area contributed by atoms with Crippen LogP contribution in [0.25, 0.3) is 0 Å². The molecule has 1 amide bonds. The standard InChI is InChI=1S/C21H23N3O3S3/c1-26-16-6-4-15(5-7-16)18-13-17(19-3-2-12-29-19)22-24(18)20(25)14-30-21(28)23-8-10-27-11-9-23/h2-7,12,18H,8-11,13-14H2,1H3. The number of hydrogen-bond acceptors (Lipinski definition) is 7. The van der Waals surface area contributed by atoms with Crippen molar-refractivity contribution in [2.75, 3.05) is 39.2 Å². The smallest absolute Gasteiger partial charge is 0.253 e. The summed E-state index contributed by atoms with van der Waals surface area (Å²) < 4.78 is 11.4. The van der Waals surface area contributed by atoms with Gasteiger partial charge in [0.05, 0.1) is 42.7 Å². The lowest BCUT2D eigenvalue weighted by Gasteiger charge is -2.29. The van der Waals surface area contributed by atoms with Crippen LogP contribution in [0.15, 0.2) is 46.9 Å². The molecule has 1 aromatic carbocycles. The van der Waals surface area contributed by atoms with Gasteiger partial charge >= 0.3 is 0 Å². The number of thioether (sulfide) groups is 1. The summed E-state index contributed by atoms with van der Waals surface area (Å²) in [7, 11) is 1.65. The Hall–Kier alpha value is -1.94. The molecule has 0 saturated carbocycles. The molecule has 0 radical (unpaired) electrons. The van der Waals surface area contributed by atoms with Gasteiger partial charge in [-0.05, 0) is 29.1 Å². The molecule has 0 aliphatic carbocycles. The number of ether oxygens (including phenoxy) is 2.